The number of carbonyl (C=O) groups excluding carboxylic acids is 1. The third-order valence-electron chi connectivity index (χ3n) is 7.91. The molecule has 2 saturated carbocycles. The molecule has 1 N–H and O–H groups in total. The van der Waals surface area contributed by atoms with Crippen molar-refractivity contribution in [3.63, 3.8) is 0 Å². The Morgan fingerprint density at radius 2 is 1.96 bits per heavy atom. The van der Waals surface area contributed by atoms with Gasteiger partial charge < -0.3 is 9.84 Å². The van der Waals surface area contributed by atoms with E-state index in [0.717, 1.165) is 32.1 Å². The Balaban J connectivity index is 1.67. The maximum atomic E-state index is 12.8. The quantitative estimate of drug-likeness (QED) is 0.593. The molecule has 0 aromatic heterocycles. The molecule has 0 amide bonds. The molecule has 0 unspecified atom stereocenters. The van der Waals surface area contributed by atoms with Crippen LogP contribution in [0.15, 0.2) is 35.9 Å². The summed E-state index contributed by atoms with van der Waals surface area (Å²) >= 11 is 0. The van der Waals surface area contributed by atoms with Crippen molar-refractivity contribution >= 4 is 11.9 Å². The lowest BCUT2D eigenvalue weighted by atomic mass is 9.56. The number of carboxylic acid groups (broad SMARTS) is 1. The van der Waals surface area contributed by atoms with Crippen LogP contribution in [0.4, 0.5) is 0 Å². The molecule has 0 radical (unpaired) electrons. The van der Waals surface area contributed by atoms with Gasteiger partial charge in [-0.25, -0.2) is 9.59 Å². The van der Waals surface area contributed by atoms with Crippen LogP contribution < -0.4 is 0 Å². The van der Waals surface area contributed by atoms with Crippen molar-refractivity contribution in [2.75, 3.05) is 6.58 Å². The number of carbonyl (C=O) groups is 2. The van der Waals surface area contributed by atoms with Gasteiger partial charge in [0.1, 0.15) is 6.58 Å². The number of rotatable bonds is 4. The van der Waals surface area contributed by atoms with Crippen LogP contribution in [0.3, 0.4) is 0 Å². The number of carboxylic acids is 1. The van der Waals surface area contributed by atoms with Gasteiger partial charge in [0.15, 0.2) is 0 Å². The standard InChI is InChI=1S/C23H28O4/c1-15-9-12-22-10-6-11-23(15,22)16(2)13-21(22,3)14-27-20(26)18-8-5-4-7-17(18)19(24)25/h4-5,7-8,13,15H,6,9-12,14H2,1-3H3,(H,24,25)/t15-,21-,22+,23-/m1/s1/i14D/t14-,15+,21+,22-,23+/m0. The van der Waals surface area contributed by atoms with Gasteiger partial charge in [0.05, 0.1) is 12.5 Å². The summed E-state index contributed by atoms with van der Waals surface area (Å²) in [6.07, 6.45) is 7.73. The second-order valence-electron chi connectivity index (χ2n) is 8.83. The Labute approximate surface area is 162 Å². The van der Waals surface area contributed by atoms with Gasteiger partial charge >= 0.3 is 11.9 Å². The highest BCUT2D eigenvalue weighted by Crippen LogP contribution is 2.78. The molecule has 1 aromatic rings. The normalized spacial score (nSPS) is 38.6. The zero-order valence-electron chi connectivity index (χ0n) is 17.2. The van der Waals surface area contributed by atoms with Crippen LogP contribution in [0.1, 0.15) is 75.0 Å². The Hall–Kier alpha value is -2.10. The van der Waals surface area contributed by atoms with Crippen molar-refractivity contribution in [1.29, 1.82) is 0 Å². The predicted molar refractivity (Wildman–Crippen MR) is 103 cm³/mol. The first-order valence-corrected chi connectivity index (χ1v) is 9.85. The summed E-state index contributed by atoms with van der Waals surface area (Å²) in [6, 6.07) is 6.03. The average molecular weight is 369 g/mol. The number of benzene rings is 1. The average Bonchev–Trinajstić information content (AvgIpc) is 3.24. The van der Waals surface area contributed by atoms with Crippen LogP contribution in [-0.2, 0) is 4.74 Å². The molecule has 2 fully saturated rings. The summed E-state index contributed by atoms with van der Waals surface area (Å²) in [7, 11) is 0. The van der Waals surface area contributed by atoms with Gasteiger partial charge in [-0.05, 0) is 56.1 Å². The van der Waals surface area contributed by atoms with Crippen molar-refractivity contribution < 1.29 is 20.8 Å². The molecule has 0 aliphatic heterocycles. The maximum absolute atomic E-state index is 12.8. The van der Waals surface area contributed by atoms with Crippen LogP contribution in [0.2, 0.25) is 0 Å². The molecule has 4 heteroatoms. The van der Waals surface area contributed by atoms with E-state index in [0.29, 0.717) is 5.92 Å². The molecule has 5 atom stereocenters. The van der Waals surface area contributed by atoms with E-state index in [1.807, 2.05) is 0 Å². The molecule has 4 nitrogen and oxygen atoms in total. The number of esters is 1. The van der Waals surface area contributed by atoms with E-state index in [9.17, 15) is 14.7 Å². The Bertz CT molecular complexity index is 877. The zero-order chi connectivity index (χ0) is 20.3. The fourth-order valence-corrected chi connectivity index (χ4v) is 6.84. The molecule has 1 aromatic carbocycles. The maximum Gasteiger partial charge on any atom is 0.339 e. The molecule has 0 bridgehead atoms. The van der Waals surface area contributed by atoms with E-state index in [1.54, 1.807) is 12.1 Å². The molecule has 0 spiro atoms. The Morgan fingerprint density at radius 3 is 2.67 bits per heavy atom. The molecule has 4 rings (SSSR count). The molecular formula is C23H28O4. The first-order valence-electron chi connectivity index (χ1n) is 10.4. The fraction of sp³-hybridized carbons (Fsp3) is 0.565. The van der Waals surface area contributed by atoms with Gasteiger partial charge in [-0.1, -0.05) is 44.1 Å². The van der Waals surface area contributed by atoms with Gasteiger partial charge in [0.25, 0.3) is 0 Å². The van der Waals surface area contributed by atoms with Gasteiger partial charge in [-0.15, -0.1) is 0 Å². The minimum absolute atomic E-state index is 0.00419. The van der Waals surface area contributed by atoms with E-state index in [-0.39, 0.29) is 22.0 Å². The summed E-state index contributed by atoms with van der Waals surface area (Å²) in [5, 5.41) is 9.35. The molecular weight excluding hydrogens is 340 g/mol. The van der Waals surface area contributed by atoms with Crippen LogP contribution in [0.5, 0.6) is 0 Å². The monoisotopic (exact) mass is 369 g/mol. The fourth-order valence-electron chi connectivity index (χ4n) is 6.84. The Kier molecular flexibility index (Phi) is 3.75. The smallest absolute Gasteiger partial charge is 0.339 e. The van der Waals surface area contributed by atoms with Gasteiger partial charge in [0.2, 0.25) is 0 Å². The number of allylic oxidation sites excluding steroid dienone is 1. The van der Waals surface area contributed by atoms with E-state index < -0.39 is 23.9 Å². The SMILES string of the molecule is [2H][C@H](OC(=O)c1ccccc1C(=O)O)[C@@]1(C)C=C(C)[C@]23CCC[C@@]21CC[C@H]3C. The van der Waals surface area contributed by atoms with Crippen molar-refractivity contribution in [2.45, 2.75) is 52.9 Å². The molecule has 3 aliphatic rings. The lowest BCUT2D eigenvalue weighted by molar-refractivity contribution is -0.0218. The lowest BCUT2D eigenvalue weighted by Crippen LogP contribution is -2.45. The highest BCUT2D eigenvalue weighted by atomic mass is 16.5. The summed E-state index contributed by atoms with van der Waals surface area (Å²) in [6.45, 7) is 5.50. The zero-order valence-corrected chi connectivity index (χ0v) is 16.2. The topological polar surface area (TPSA) is 63.6 Å². The third kappa shape index (κ3) is 2.22. The largest absolute Gasteiger partial charge is 0.478 e. The highest BCUT2D eigenvalue weighted by molar-refractivity contribution is 6.02. The van der Waals surface area contributed by atoms with E-state index in [4.69, 9.17) is 6.11 Å². The lowest BCUT2D eigenvalue weighted by Gasteiger charge is -2.47. The van der Waals surface area contributed by atoms with Gasteiger partial charge in [-0.3, -0.25) is 0 Å². The van der Waals surface area contributed by atoms with Gasteiger partial charge in [-0.2, -0.15) is 0 Å². The Morgan fingerprint density at radius 1 is 1.26 bits per heavy atom. The van der Waals surface area contributed by atoms with E-state index in [2.05, 4.69) is 26.8 Å². The second kappa shape index (κ2) is 5.95. The minimum Gasteiger partial charge on any atom is -0.478 e. The molecule has 3 aliphatic carbocycles. The highest BCUT2D eigenvalue weighted by Gasteiger charge is 2.71. The van der Waals surface area contributed by atoms with Crippen LogP contribution in [-0.4, -0.2) is 23.6 Å². The number of hydrogen-bond acceptors (Lipinski definition) is 3. The number of aromatic carboxylic acids is 1. The summed E-state index contributed by atoms with van der Waals surface area (Å²) in [5.74, 6) is -1.33. The first-order chi connectivity index (χ1) is 13.2. The van der Waals surface area contributed by atoms with Crippen LogP contribution >= 0.6 is 0 Å². The summed E-state index contributed by atoms with van der Waals surface area (Å²) < 4.78 is 14.5. The van der Waals surface area contributed by atoms with Crippen molar-refractivity contribution in [2.24, 2.45) is 22.2 Å². The third-order valence-corrected chi connectivity index (χ3v) is 7.91. The summed E-state index contributed by atoms with van der Waals surface area (Å²) in [5.41, 5.74) is 0.772. The molecule has 0 saturated heterocycles. The second-order valence-corrected chi connectivity index (χ2v) is 8.83. The first kappa shape index (κ1) is 17.0. The molecule has 27 heavy (non-hydrogen) atoms. The number of ether oxygens (including phenoxy) is 1. The van der Waals surface area contributed by atoms with Crippen molar-refractivity contribution in [1.82, 2.24) is 0 Å². The molecule has 144 valence electrons. The van der Waals surface area contributed by atoms with Crippen molar-refractivity contribution in [3.8, 4) is 0 Å². The van der Waals surface area contributed by atoms with E-state index >= 15 is 0 Å². The van der Waals surface area contributed by atoms with Gasteiger partial charge in [0, 0.05) is 10.8 Å². The minimum atomic E-state index is -1.17. The van der Waals surface area contributed by atoms with E-state index in [1.165, 1.54) is 17.7 Å². The number of hydrogen-bond donors (Lipinski definition) is 1. The van der Waals surface area contributed by atoms with Crippen molar-refractivity contribution in [3.05, 3.63) is 47.0 Å². The van der Waals surface area contributed by atoms with Crippen LogP contribution in [0.25, 0.3) is 0 Å². The summed E-state index contributed by atoms with van der Waals surface area (Å²) in [4.78, 5) is 24.2. The van der Waals surface area contributed by atoms with Crippen LogP contribution in [0, 0.1) is 22.2 Å². The predicted octanol–water partition coefficient (Wildman–Crippen LogP) is 5.09. The molecule has 0 heterocycles.